The van der Waals surface area contributed by atoms with Gasteiger partial charge >= 0.3 is 6.18 Å². The molecule has 0 saturated heterocycles. The van der Waals surface area contributed by atoms with Crippen molar-refractivity contribution in [3.05, 3.63) is 101 Å². The average Bonchev–Trinajstić information content (AvgIpc) is 2.91. The van der Waals surface area contributed by atoms with Gasteiger partial charge in [-0.05, 0) is 53.6 Å². The van der Waals surface area contributed by atoms with E-state index in [-0.39, 0.29) is 30.2 Å². The molecule has 0 saturated carbocycles. The van der Waals surface area contributed by atoms with Crippen molar-refractivity contribution in [2.75, 3.05) is 26.4 Å². The average molecular weight is 529 g/mol. The lowest BCUT2D eigenvalue weighted by Gasteiger charge is -2.12. The topological polar surface area (TPSA) is 96.9 Å². The molecule has 10 heteroatoms. The summed E-state index contributed by atoms with van der Waals surface area (Å²) < 4.78 is 47.4. The normalized spacial score (nSPS) is 11.5. The predicted octanol–water partition coefficient (Wildman–Crippen LogP) is 4.13. The van der Waals surface area contributed by atoms with E-state index in [9.17, 15) is 22.8 Å². The fourth-order valence-corrected chi connectivity index (χ4v) is 3.24. The van der Waals surface area contributed by atoms with Gasteiger partial charge < -0.3 is 25.2 Å². The van der Waals surface area contributed by atoms with Crippen molar-refractivity contribution in [1.29, 1.82) is 0 Å². The molecule has 200 valence electrons. The lowest BCUT2D eigenvalue weighted by Crippen LogP contribution is -2.36. The number of ether oxygens (including phenoxy) is 2. The second kappa shape index (κ2) is 13.8. The number of aliphatic hydroxyl groups is 1. The van der Waals surface area contributed by atoms with Crippen LogP contribution < -0.4 is 20.1 Å². The Bertz CT molecular complexity index is 1210. The van der Waals surface area contributed by atoms with Crippen LogP contribution in [-0.4, -0.2) is 49.5 Å². The van der Waals surface area contributed by atoms with Gasteiger partial charge in [0.05, 0.1) is 13.2 Å². The molecular formula is C28H27F3N2O5. The van der Waals surface area contributed by atoms with Crippen LogP contribution >= 0.6 is 0 Å². The summed E-state index contributed by atoms with van der Waals surface area (Å²) >= 11 is 0. The van der Waals surface area contributed by atoms with E-state index in [4.69, 9.17) is 9.84 Å². The number of halogens is 3. The van der Waals surface area contributed by atoms with Gasteiger partial charge in [0.1, 0.15) is 17.2 Å². The zero-order chi connectivity index (χ0) is 27.4. The van der Waals surface area contributed by atoms with Crippen LogP contribution in [-0.2, 0) is 11.2 Å². The molecule has 3 N–H and O–H groups in total. The van der Waals surface area contributed by atoms with Crippen LogP contribution in [0.5, 0.6) is 11.5 Å². The van der Waals surface area contributed by atoms with E-state index in [2.05, 4.69) is 15.4 Å². The predicted molar refractivity (Wildman–Crippen MR) is 136 cm³/mol. The van der Waals surface area contributed by atoms with Crippen molar-refractivity contribution in [3.8, 4) is 11.5 Å². The largest absolute Gasteiger partial charge is 0.493 e. The van der Waals surface area contributed by atoms with Crippen molar-refractivity contribution >= 4 is 17.9 Å². The number of aliphatic hydroxyl groups excluding tert-OH is 1. The lowest BCUT2D eigenvalue weighted by atomic mass is 10.1. The molecule has 0 unspecified atom stereocenters. The molecule has 3 rings (SSSR count). The summed E-state index contributed by atoms with van der Waals surface area (Å²) in [7, 11) is 0. The van der Waals surface area contributed by atoms with E-state index in [1.165, 1.54) is 30.3 Å². The minimum atomic E-state index is -4.46. The molecule has 7 nitrogen and oxygen atoms in total. The number of benzene rings is 3. The highest BCUT2D eigenvalue weighted by atomic mass is 19.4. The van der Waals surface area contributed by atoms with E-state index in [1.54, 1.807) is 24.3 Å². The first-order valence-corrected chi connectivity index (χ1v) is 11.7. The molecule has 38 heavy (non-hydrogen) atoms. The molecule has 0 fully saturated rings. The third-order valence-electron chi connectivity index (χ3n) is 5.10. The van der Waals surface area contributed by atoms with E-state index < -0.39 is 24.6 Å². The Labute approximate surface area is 217 Å². The van der Waals surface area contributed by atoms with E-state index in [1.807, 2.05) is 30.3 Å². The standard InChI is InChI=1S/C28H27F3N2O5/c29-28(30,31)19-38-24-10-6-21(7-11-24)18-25(27(36)32-15-16-34)33-26(35)22-8-12-23(13-9-22)37-17-14-20-4-2-1-3-5-20/h1-13,18,34H,14-17,19H2,(H,32,36)(H,33,35)/b25-18+. The SMILES string of the molecule is O=C(NCCO)/C(=C\c1ccc(OCC(F)(F)F)cc1)NC(=O)c1ccc(OCCc2ccccc2)cc1. The number of rotatable bonds is 12. The van der Waals surface area contributed by atoms with Gasteiger partial charge in [0.15, 0.2) is 6.61 Å². The molecular weight excluding hydrogens is 501 g/mol. The van der Waals surface area contributed by atoms with E-state index >= 15 is 0 Å². The summed E-state index contributed by atoms with van der Waals surface area (Å²) in [5, 5.41) is 14.0. The van der Waals surface area contributed by atoms with Crippen molar-refractivity contribution in [2.45, 2.75) is 12.6 Å². The van der Waals surface area contributed by atoms with Crippen molar-refractivity contribution in [2.24, 2.45) is 0 Å². The molecule has 0 atom stereocenters. The molecule has 0 heterocycles. The molecule has 0 aliphatic rings. The van der Waals surface area contributed by atoms with Gasteiger partial charge in [-0.2, -0.15) is 13.2 Å². The van der Waals surface area contributed by atoms with Gasteiger partial charge in [0, 0.05) is 18.5 Å². The van der Waals surface area contributed by atoms with E-state index in [0.717, 1.165) is 12.0 Å². The molecule has 3 aromatic carbocycles. The molecule has 0 bridgehead atoms. The molecule has 3 aromatic rings. The Balaban J connectivity index is 1.64. The number of hydrogen-bond donors (Lipinski definition) is 3. The summed E-state index contributed by atoms with van der Waals surface area (Å²) in [6.07, 6.45) is -2.37. The maximum atomic E-state index is 12.8. The van der Waals surface area contributed by atoms with Crippen LogP contribution in [0, 0.1) is 0 Å². The first kappa shape index (κ1) is 28.3. The number of alkyl halides is 3. The van der Waals surface area contributed by atoms with Crippen LogP contribution in [0.25, 0.3) is 6.08 Å². The highest BCUT2D eigenvalue weighted by molar-refractivity contribution is 6.05. The molecule has 2 amide bonds. The minimum absolute atomic E-state index is 0.000805. The van der Waals surface area contributed by atoms with Crippen LogP contribution in [0.3, 0.4) is 0 Å². The zero-order valence-corrected chi connectivity index (χ0v) is 20.3. The quantitative estimate of drug-likeness (QED) is 0.307. The fraction of sp³-hybridized carbons (Fsp3) is 0.214. The molecule has 0 aliphatic heterocycles. The Morgan fingerprint density at radius 1 is 0.868 bits per heavy atom. The Hall–Kier alpha value is -4.31. The van der Waals surface area contributed by atoms with Gasteiger partial charge in [0.25, 0.3) is 11.8 Å². The highest BCUT2D eigenvalue weighted by Gasteiger charge is 2.28. The van der Waals surface area contributed by atoms with Gasteiger partial charge in [-0.15, -0.1) is 0 Å². The second-order valence-electron chi connectivity index (χ2n) is 8.07. The molecule has 0 radical (unpaired) electrons. The minimum Gasteiger partial charge on any atom is -0.493 e. The lowest BCUT2D eigenvalue weighted by molar-refractivity contribution is -0.153. The van der Waals surface area contributed by atoms with Crippen molar-refractivity contribution in [3.63, 3.8) is 0 Å². The first-order chi connectivity index (χ1) is 18.2. The summed E-state index contributed by atoms with van der Waals surface area (Å²) in [6, 6.07) is 21.8. The van der Waals surface area contributed by atoms with Gasteiger partial charge in [-0.25, -0.2) is 0 Å². The van der Waals surface area contributed by atoms with Crippen molar-refractivity contribution < 1.29 is 37.3 Å². The number of hydrogen-bond acceptors (Lipinski definition) is 5. The van der Waals surface area contributed by atoms with Gasteiger partial charge in [-0.1, -0.05) is 42.5 Å². The number of carbonyl (C=O) groups excluding carboxylic acids is 2. The fourth-order valence-electron chi connectivity index (χ4n) is 3.24. The van der Waals surface area contributed by atoms with Crippen LogP contribution in [0.1, 0.15) is 21.5 Å². The third-order valence-corrected chi connectivity index (χ3v) is 5.10. The van der Waals surface area contributed by atoms with Crippen LogP contribution in [0.15, 0.2) is 84.6 Å². The van der Waals surface area contributed by atoms with E-state index in [0.29, 0.717) is 17.9 Å². The molecule has 0 aliphatic carbocycles. The number of nitrogens with one attached hydrogen (secondary N) is 2. The van der Waals surface area contributed by atoms with Crippen LogP contribution in [0.4, 0.5) is 13.2 Å². The number of carbonyl (C=O) groups is 2. The van der Waals surface area contributed by atoms with Crippen LogP contribution in [0.2, 0.25) is 0 Å². The van der Waals surface area contributed by atoms with Gasteiger partial charge in [-0.3, -0.25) is 9.59 Å². The molecule has 0 spiro atoms. The number of amides is 2. The maximum Gasteiger partial charge on any atom is 0.422 e. The first-order valence-electron chi connectivity index (χ1n) is 11.7. The summed E-state index contributed by atoms with van der Waals surface area (Å²) in [4.78, 5) is 25.4. The Morgan fingerprint density at radius 3 is 2.13 bits per heavy atom. The Kier molecular flexibility index (Phi) is 10.3. The zero-order valence-electron chi connectivity index (χ0n) is 20.3. The van der Waals surface area contributed by atoms with Gasteiger partial charge in [0.2, 0.25) is 0 Å². The Morgan fingerprint density at radius 2 is 1.50 bits per heavy atom. The monoisotopic (exact) mass is 528 g/mol. The third kappa shape index (κ3) is 9.62. The molecule has 0 aromatic heterocycles. The maximum absolute atomic E-state index is 12.8. The summed E-state index contributed by atoms with van der Waals surface area (Å²) in [5.74, 6) is -0.621. The van der Waals surface area contributed by atoms with Crippen molar-refractivity contribution in [1.82, 2.24) is 10.6 Å². The summed E-state index contributed by atoms with van der Waals surface area (Å²) in [5.41, 5.74) is 1.74. The summed E-state index contributed by atoms with van der Waals surface area (Å²) in [6.45, 7) is -1.30. The smallest absolute Gasteiger partial charge is 0.422 e. The second-order valence-corrected chi connectivity index (χ2v) is 8.07. The highest BCUT2D eigenvalue weighted by Crippen LogP contribution is 2.20.